The maximum absolute atomic E-state index is 13.0. The Hall–Kier alpha value is -1.10. The molecule has 0 aromatic carbocycles. The van der Waals surface area contributed by atoms with Crippen LogP contribution in [-0.2, 0) is 0 Å². The maximum atomic E-state index is 13.0. The molecule has 0 aliphatic heterocycles. The van der Waals surface area contributed by atoms with Crippen molar-refractivity contribution < 1.29 is 13.2 Å². The Morgan fingerprint density at radius 1 is 1.38 bits per heavy atom. The van der Waals surface area contributed by atoms with E-state index in [1.165, 1.54) is 0 Å². The smallest absolute Gasteiger partial charge is 0.310 e. The topological polar surface area (TPSA) is 24.9 Å². The lowest BCUT2D eigenvalue weighted by atomic mass is 9.76. The van der Waals surface area contributed by atoms with Crippen molar-refractivity contribution >= 4 is 0 Å². The highest BCUT2D eigenvalue weighted by atomic mass is 19.4. The number of nitrogens with zero attached hydrogens (tertiary/aromatic N) is 1. The summed E-state index contributed by atoms with van der Waals surface area (Å²) >= 11 is 0. The van der Waals surface area contributed by atoms with Gasteiger partial charge in [0, 0.05) is 18.4 Å². The van der Waals surface area contributed by atoms with Crippen molar-refractivity contribution in [2.45, 2.75) is 51.2 Å². The van der Waals surface area contributed by atoms with Crippen molar-refractivity contribution in [1.82, 2.24) is 10.3 Å². The van der Waals surface area contributed by atoms with Crippen LogP contribution in [0.25, 0.3) is 0 Å². The van der Waals surface area contributed by atoms with Gasteiger partial charge in [-0.3, -0.25) is 4.98 Å². The van der Waals surface area contributed by atoms with E-state index in [1.54, 1.807) is 12.4 Å². The van der Waals surface area contributed by atoms with Gasteiger partial charge in [0.25, 0.3) is 0 Å². The lowest BCUT2D eigenvalue weighted by Gasteiger charge is -2.36. The quantitative estimate of drug-likeness (QED) is 0.866. The molecule has 1 aromatic heterocycles. The molecule has 1 aromatic rings. The molecule has 1 saturated carbocycles. The Kier molecular flexibility index (Phi) is 5.62. The fourth-order valence-electron chi connectivity index (χ4n) is 3.24. The van der Waals surface area contributed by atoms with Crippen LogP contribution in [0.2, 0.25) is 0 Å². The molecule has 3 unspecified atom stereocenters. The fraction of sp³-hybridized carbons (Fsp3) is 0.688. The second-order valence-electron chi connectivity index (χ2n) is 5.88. The van der Waals surface area contributed by atoms with E-state index in [0.717, 1.165) is 24.9 Å². The summed E-state index contributed by atoms with van der Waals surface area (Å²) in [7, 11) is 0. The van der Waals surface area contributed by atoms with Crippen LogP contribution in [-0.4, -0.2) is 17.7 Å². The van der Waals surface area contributed by atoms with Crippen LogP contribution in [0.1, 0.15) is 50.6 Å². The second-order valence-corrected chi connectivity index (χ2v) is 5.88. The highest BCUT2D eigenvalue weighted by molar-refractivity contribution is 5.15. The van der Waals surface area contributed by atoms with E-state index in [0.29, 0.717) is 6.42 Å². The predicted octanol–water partition coefficient (Wildman–Crippen LogP) is 4.49. The summed E-state index contributed by atoms with van der Waals surface area (Å²) in [6.45, 7) is 2.87. The molecule has 0 bridgehead atoms. The van der Waals surface area contributed by atoms with E-state index in [2.05, 4.69) is 17.2 Å². The minimum atomic E-state index is -4.07. The van der Waals surface area contributed by atoms with Crippen LogP contribution < -0.4 is 5.32 Å². The Morgan fingerprint density at radius 2 is 2.19 bits per heavy atom. The molecule has 1 aliphatic carbocycles. The standard InChI is InChI=1S/C16H23F3N2/c1-2-8-21-15(13-6-4-9-20-11-13)12-5-3-7-14(10-12)16(17,18)19/h4,6,9,11-12,14-15,21H,2-3,5,7-8,10H2,1H3. The van der Waals surface area contributed by atoms with E-state index in [4.69, 9.17) is 0 Å². The van der Waals surface area contributed by atoms with Crippen LogP contribution in [0.3, 0.4) is 0 Å². The van der Waals surface area contributed by atoms with Gasteiger partial charge >= 0.3 is 6.18 Å². The van der Waals surface area contributed by atoms with Gasteiger partial charge in [-0.15, -0.1) is 0 Å². The molecule has 21 heavy (non-hydrogen) atoms. The summed E-state index contributed by atoms with van der Waals surface area (Å²) in [6.07, 6.45) is 2.36. The van der Waals surface area contributed by atoms with Crippen molar-refractivity contribution in [1.29, 1.82) is 0 Å². The summed E-state index contributed by atoms with van der Waals surface area (Å²) in [5.41, 5.74) is 0.999. The lowest BCUT2D eigenvalue weighted by Crippen LogP contribution is -2.36. The van der Waals surface area contributed by atoms with E-state index in [9.17, 15) is 13.2 Å². The zero-order valence-corrected chi connectivity index (χ0v) is 12.4. The normalized spacial score (nSPS) is 24.8. The molecule has 1 aliphatic rings. The van der Waals surface area contributed by atoms with Gasteiger partial charge in [-0.1, -0.05) is 19.4 Å². The summed E-state index contributed by atoms with van der Waals surface area (Å²) < 4.78 is 39.0. The van der Waals surface area contributed by atoms with Crippen molar-refractivity contribution in [2.75, 3.05) is 6.54 Å². The monoisotopic (exact) mass is 300 g/mol. The number of nitrogens with one attached hydrogen (secondary N) is 1. The minimum absolute atomic E-state index is 0.0243. The van der Waals surface area contributed by atoms with Crippen LogP contribution in [0.4, 0.5) is 13.2 Å². The first-order valence-electron chi connectivity index (χ1n) is 7.72. The summed E-state index contributed by atoms with van der Waals surface area (Å²) in [5.74, 6) is -1.13. The molecule has 1 fully saturated rings. The van der Waals surface area contributed by atoms with E-state index in [1.807, 2.05) is 12.1 Å². The molecule has 2 nitrogen and oxygen atoms in total. The van der Waals surface area contributed by atoms with Crippen LogP contribution in [0.5, 0.6) is 0 Å². The molecular formula is C16H23F3N2. The number of hydrogen-bond acceptors (Lipinski definition) is 2. The predicted molar refractivity (Wildman–Crippen MR) is 76.8 cm³/mol. The van der Waals surface area contributed by atoms with Crippen molar-refractivity contribution in [2.24, 2.45) is 11.8 Å². The number of pyridine rings is 1. The lowest BCUT2D eigenvalue weighted by molar-refractivity contribution is -0.186. The number of rotatable bonds is 5. The Labute approximate surface area is 124 Å². The first-order chi connectivity index (χ1) is 10.0. The third-order valence-electron chi connectivity index (χ3n) is 4.31. The Bertz CT molecular complexity index is 419. The van der Waals surface area contributed by atoms with E-state index < -0.39 is 12.1 Å². The number of alkyl halides is 3. The minimum Gasteiger partial charge on any atom is -0.310 e. The molecule has 0 radical (unpaired) electrons. The summed E-state index contributed by atoms with van der Waals surface area (Å²) in [6, 6.07) is 3.78. The maximum Gasteiger partial charge on any atom is 0.391 e. The van der Waals surface area contributed by atoms with Gasteiger partial charge in [-0.2, -0.15) is 13.2 Å². The third-order valence-corrected chi connectivity index (χ3v) is 4.31. The van der Waals surface area contributed by atoms with Gasteiger partial charge in [0.15, 0.2) is 0 Å². The SMILES string of the molecule is CCCNC(c1cccnc1)C1CCCC(C(F)(F)F)C1. The fourth-order valence-corrected chi connectivity index (χ4v) is 3.24. The molecule has 0 saturated heterocycles. The molecule has 0 amide bonds. The van der Waals surface area contributed by atoms with Gasteiger partial charge in [-0.05, 0) is 49.8 Å². The number of aromatic nitrogens is 1. The van der Waals surface area contributed by atoms with Gasteiger partial charge < -0.3 is 5.32 Å². The van der Waals surface area contributed by atoms with Gasteiger partial charge in [0.1, 0.15) is 0 Å². The molecule has 1 N–H and O–H groups in total. The first-order valence-corrected chi connectivity index (χ1v) is 7.72. The summed E-state index contributed by atoms with van der Waals surface area (Å²) in [5, 5.41) is 3.42. The van der Waals surface area contributed by atoms with Crippen LogP contribution in [0, 0.1) is 11.8 Å². The highest BCUT2D eigenvalue weighted by Crippen LogP contribution is 2.43. The summed E-state index contributed by atoms with van der Waals surface area (Å²) in [4.78, 5) is 4.11. The average Bonchev–Trinajstić information content (AvgIpc) is 2.48. The molecule has 5 heteroatoms. The molecule has 0 spiro atoms. The highest BCUT2D eigenvalue weighted by Gasteiger charge is 2.43. The van der Waals surface area contributed by atoms with Crippen molar-refractivity contribution in [3.8, 4) is 0 Å². The largest absolute Gasteiger partial charge is 0.391 e. The van der Waals surface area contributed by atoms with E-state index >= 15 is 0 Å². The Balaban J connectivity index is 2.13. The third kappa shape index (κ3) is 4.43. The van der Waals surface area contributed by atoms with Gasteiger partial charge in [0.05, 0.1) is 5.92 Å². The van der Waals surface area contributed by atoms with Crippen molar-refractivity contribution in [3.63, 3.8) is 0 Å². The number of halogens is 3. The molecular weight excluding hydrogens is 277 g/mol. The van der Waals surface area contributed by atoms with Gasteiger partial charge in [0.2, 0.25) is 0 Å². The second kappa shape index (κ2) is 7.25. The van der Waals surface area contributed by atoms with Crippen LogP contribution >= 0.6 is 0 Å². The number of hydrogen-bond donors (Lipinski definition) is 1. The zero-order chi connectivity index (χ0) is 15.3. The first kappa shape index (κ1) is 16.3. The Morgan fingerprint density at radius 3 is 2.81 bits per heavy atom. The molecule has 118 valence electrons. The van der Waals surface area contributed by atoms with E-state index in [-0.39, 0.29) is 24.8 Å². The average molecular weight is 300 g/mol. The molecule has 3 atom stereocenters. The van der Waals surface area contributed by atoms with Gasteiger partial charge in [-0.25, -0.2) is 0 Å². The molecule has 1 heterocycles. The van der Waals surface area contributed by atoms with Crippen LogP contribution in [0.15, 0.2) is 24.5 Å². The molecule has 2 rings (SSSR count). The zero-order valence-electron chi connectivity index (χ0n) is 12.4. The van der Waals surface area contributed by atoms with Crippen molar-refractivity contribution in [3.05, 3.63) is 30.1 Å².